The van der Waals surface area contributed by atoms with Crippen molar-refractivity contribution in [1.29, 1.82) is 0 Å². The first-order valence-corrected chi connectivity index (χ1v) is 12.0. The monoisotopic (exact) mass is 502 g/mol. The molecule has 5 rings (SSSR count). The molecule has 1 unspecified atom stereocenters. The third-order valence-electron chi connectivity index (χ3n) is 5.94. The molecule has 0 fully saturated rings. The summed E-state index contributed by atoms with van der Waals surface area (Å²) in [4.78, 5) is 43.6. The number of amides is 2. The fraction of sp³-hybridized carbons (Fsp3) is 0.200. The number of primary amides is 1. The Labute approximate surface area is 210 Å². The molecule has 1 aliphatic heterocycles. The second-order valence-corrected chi connectivity index (χ2v) is 9.42. The Bertz CT molecular complexity index is 1500. The normalized spacial score (nSPS) is 17.0. The molecule has 3 N–H and O–H groups in total. The average Bonchev–Trinajstić information content (AvgIpc) is 3.49. The maximum Gasteiger partial charge on any atom is 0.351 e. The molecule has 0 radical (unpaired) electrons. The molecule has 10 nitrogen and oxygen atoms in total. The first kappa shape index (κ1) is 23.4. The number of benzene rings is 1. The highest BCUT2D eigenvalue weighted by Gasteiger charge is 2.42. The van der Waals surface area contributed by atoms with Gasteiger partial charge in [-0.25, -0.2) is 14.6 Å². The summed E-state index contributed by atoms with van der Waals surface area (Å²) < 4.78 is 0.891. The van der Waals surface area contributed by atoms with E-state index in [2.05, 4.69) is 15.1 Å². The average molecular weight is 503 g/mol. The lowest BCUT2D eigenvalue weighted by atomic mass is 9.97. The lowest BCUT2D eigenvalue weighted by Crippen LogP contribution is -2.35. The maximum atomic E-state index is 11.9. The number of aliphatic carboxylic acids is 1. The van der Waals surface area contributed by atoms with Crippen LogP contribution in [-0.4, -0.2) is 49.9 Å². The summed E-state index contributed by atoms with van der Waals surface area (Å²) in [5.74, 6) is -1.08. The number of hydrogen-bond donors (Lipinski definition) is 2. The van der Waals surface area contributed by atoms with E-state index in [9.17, 15) is 14.7 Å². The molecule has 1 aromatic carbocycles. The van der Waals surface area contributed by atoms with E-state index in [1.165, 1.54) is 23.2 Å². The van der Waals surface area contributed by atoms with Crippen molar-refractivity contribution < 1.29 is 19.5 Å². The number of rotatable bonds is 6. The van der Waals surface area contributed by atoms with Crippen LogP contribution in [0.2, 0.25) is 0 Å². The predicted molar refractivity (Wildman–Crippen MR) is 137 cm³/mol. The largest absolute Gasteiger partial charge is 0.478 e. The van der Waals surface area contributed by atoms with Gasteiger partial charge >= 0.3 is 12.0 Å². The highest BCUT2D eigenvalue weighted by atomic mass is 32.1. The Hall–Kier alpha value is -4.38. The standard InChI is InChI=1S/C25H22N6O4S/c1-3-31(23(26)34)24-29-19-11-15(10-16(21(19)36-24)17-6-4-5-9-27-17)14-7-8-18(28-13-14)20-12-25(2,22(32)33)35-30-20/h4-11,13H,3,12H2,1-2H3,(H2,26,34)(H,32,33). The van der Waals surface area contributed by atoms with Gasteiger partial charge in [0.05, 0.1) is 21.6 Å². The summed E-state index contributed by atoms with van der Waals surface area (Å²) in [5.41, 5.74) is 9.24. The second kappa shape index (κ2) is 9.00. The molecule has 0 bridgehead atoms. The molecule has 182 valence electrons. The first-order valence-electron chi connectivity index (χ1n) is 11.2. The van der Waals surface area contributed by atoms with E-state index in [0.29, 0.717) is 28.6 Å². The molecular weight excluding hydrogens is 480 g/mol. The fourth-order valence-corrected chi connectivity index (χ4v) is 5.07. The van der Waals surface area contributed by atoms with E-state index in [4.69, 9.17) is 15.6 Å². The SMILES string of the molecule is CCN(C(N)=O)c1nc2cc(-c3ccc(C4=NOC(C)(C(=O)O)C4)nc3)cc(-c3ccccn3)c2s1. The Balaban J connectivity index is 1.56. The Morgan fingerprint density at radius 3 is 2.61 bits per heavy atom. The third-order valence-corrected chi connectivity index (χ3v) is 7.07. The van der Waals surface area contributed by atoms with Crippen molar-refractivity contribution in [3.8, 4) is 22.4 Å². The van der Waals surface area contributed by atoms with Crippen molar-refractivity contribution >= 4 is 44.4 Å². The zero-order chi connectivity index (χ0) is 25.4. The van der Waals surface area contributed by atoms with Crippen molar-refractivity contribution in [3.63, 3.8) is 0 Å². The van der Waals surface area contributed by atoms with Crippen LogP contribution in [0.25, 0.3) is 32.6 Å². The van der Waals surface area contributed by atoms with Crippen LogP contribution >= 0.6 is 11.3 Å². The number of nitrogens with zero attached hydrogens (tertiary/aromatic N) is 5. The number of urea groups is 1. The zero-order valence-corrected chi connectivity index (χ0v) is 20.3. The number of carboxylic acid groups (broad SMARTS) is 1. The minimum atomic E-state index is -1.39. The van der Waals surface area contributed by atoms with Gasteiger partial charge in [0.25, 0.3) is 0 Å². The van der Waals surface area contributed by atoms with E-state index >= 15 is 0 Å². The second-order valence-electron chi connectivity index (χ2n) is 8.44. The minimum Gasteiger partial charge on any atom is -0.478 e. The molecule has 0 saturated heterocycles. The number of hydrogen-bond acceptors (Lipinski definition) is 8. The van der Waals surface area contributed by atoms with Gasteiger partial charge in [0.1, 0.15) is 5.71 Å². The van der Waals surface area contributed by atoms with Gasteiger partial charge in [-0.2, -0.15) is 0 Å². The number of pyridine rings is 2. The van der Waals surface area contributed by atoms with Gasteiger partial charge in [-0.15, -0.1) is 0 Å². The van der Waals surface area contributed by atoms with Crippen LogP contribution in [0, 0.1) is 0 Å². The molecule has 3 aromatic heterocycles. The number of carbonyl (C=O) groups excluding carboxylic acids is 1. The number of carbonyl (C=O) groups is 2. The van der Waals surface area contributed by atoms with Crippen LogP contribution in [-0.2, 0) is 9.63 Å². The van der Waals surface area contributed by atoms with Crippen molar-refractivity contribution in [3.05, 3.63) is 60.6 Å². The summed E-state index contributed by atoms with van der Waals surface area (Å²) in [7, 11) is 0. The van der Waals surface area contributed by atoms with Crippen LogP contribution in [0.1, 0.15) is 26.0 Å². The molecular formula is C25H22N6O4S. The van der Waals surface area contributed by atoms with Crippen LogP contribution in [0.15, 0.2) is 60.0 Å². The Kier molecular flexibility index (Phi) is 5.84. The number of carboxylic acids is 1. The van der Waals surface area contributed by atoms with Crippen LogP contribution in [0.3, 0.4) is 0 Å². The molecule has 0 saturated carbocycles. The summed E-state index contributed by atoms with van der Waals surface area (Å²) in [6.45, 7) is 3.73. The molecule has 36 heavy (non-hydrogen) atoms. The van der Waals surface area contributed by atoms with Gasteiger partial charge in [0, 0.05) is 36.5 Å². The summed E-state index contributed by atoms with van der Waals surface area (Å²) >= 11 is 1.39. The van der Waals surface area contributed by atoms with E-state index < -0.39 is 17.6 Å². The van der Waals surface area contributed by atoms with Gasteiger partial charge in [0.2, 0.25) is 5.60 Å². The van der Waals surface area contributed by atoms with Crippen molar-refractivity contribution in [1.82, 2.24) is 15.0 Å². The van der Waals surface area contributed by atoms with Crippen LogP contribution < -0.4 is 10.6 Å². The smallest absolute Gasteiger partial charge is 0.351 e. The molecule has 11 heteroatoms. The first-order chi connectivity index (χ1) is 17.3. The molecule has 1 atom stereocenters. The number of anilines is 1. The van der Waals surface area contributed by atoms with Crippen LogP contribution in [0.5, 0.6) is 0 Å². The van der Waals surface area contributed by atoms with Crippen LogP contribution in [0.4, 0.5) is 9.93 Å². The molecule has 4 aromatic rings. The van der Waals surface area contributed by atoms with Crippen molar-refractivity contribution in [2.45, 2.75) is 25.9 Å². The topological polar surface area (TPSA) is 144 Å². The molecule has 0 spiro atoms. The zero-order valence-electron chi connectivity index (χ0n) is 19.5. The highest BCUT2D eigenvalue weighted by molar-refractivity contribution is 7.23. The van der Waals surface area contributed by atoms with E-state index in [0.717, 1.165) is 27.1 Å². The van der Waals surface area contributed by atoms with E-state index in [1.807, 2.05) is 43.3 Å². The number of aromatic nitrogens is 3. The highest BCUT2D eigenvalue weighted by Crippen LogP contribution is 2.39. The van der Waals surface area contributed by atoms with Gasteiger partial charge in [-0.3, -0.25) is 14.9 Å². The molecule has 0 aliphatic carbocycles. The van der Waals surface area contributed by atoms with E-state index in [-0.39, 0.29) is 6.42 Å². The van der Waals surface area contributed by atoms with Gasteiger partial charge in [-0.1, -0.05) is 28.6 Å². The lowest BCUT2D eigenvalue weighted by molar-refractivity contribution is -0.160. The summed E-state index contributed by atoms with van der Waals surface area (Å²) in [6, 6.07) is 12.7. The van der Waals surface area contributed by atoms with Crippen molar-refractivity contribution in [2.24, 2.45) is 10.9 Å². The quantitative estimate of drug-likeness (QED) is 0.400. The minimum absolute atomic E-state index is 0.125. The van der Waals surface area contributed by atoms with Gasteiger partial charge in [-0.05, 0) is 49.7 Å². The summed E-state index contributed by atoms with van der Waals surface area (Å²) in [6.07, 6.45) is 3.55. The number of thiazole rings is 1. The number of nitrogens with two attached hydrogens (primary N) is 1. The summed E-state index contributed by atoms with van der Waals surface area (Å²) in [5, 5.41) is 13.8. The molecule has 2 amide bonds. The lowest BCUT2D eigenvalue weighted by Gasteiger charge is -2.14. The Morgan fingerprint density at radius 1 is 1.17 bits per heavy atom. The molecule has 4 heterocycles. The van der Waals surface area contributed by atoms with Gasteiger partial charge < -0.3 is 15.7 Å². The number of fused-ring (bicyclic) bond motifs is 1. The third kappa shape index (κ3) is 4.13. The fourth-order valence-electron chi connectivity index (χ4n) is 3.93. The van der Waals surface area contributed by atoms with E-state index in [1.54, 1.807) is 18.5 Å². The van der Waals surface area contributed by atoms with Gasteiger partial charge in [0.15, 0.2) is 5.13 Å². The molecule has 1 aliphatic rings. The predicted octanol–water partition coefficient (Wildman–Crippen LogP) is 4.29. The van der Waals surface area contributed by atoms with Crippen molar-refractivity contribution in [2.75, 3.05) is 11.4 Å². The maximum absolute atomic E-state index is 11.9. The number of oxime groups is 1. The Morgan fingerprint density at radius 2 is 2.00 bits per heavy atom.